The molecule has 5 nitrogen and oxygen atoms in total. The van der Waals surface area contributed by atoms with E-state index in [0.29, 0.717) is 24.2 Å². The van der Waals surface area contributed by atoms with Crippen molar-refractivity contribution >= 4 is 22.8 Å². The monoisotopic (exact) mass is 461 g/mol. The molecule has 174 valence electrons. The number of ether oxygens (including phenoxy) is 1. The fourth-order valence-electron chi connectivity index (χ4n) is 5.04. The lowest BCUT2D eigenvalue weighted by Crippen LogP contribution is -2.33. The summed E-state index contributed by atoms with van der Waals surface area (Å²) in [6.07, 6.45) is 1.02. The number of ketones is 1. The molecule has 2 aliphatic rings. The van der Waals surface area contributed by atoms with E-state index in [1.807, 2.05) is 74.5 Å². The summed E-state index contributed by atoms with van der Waals surface area (Å²) in [4.78, 5) is 15.4. The maximum atomic E-state index is 13.2. The summed E-state index contributed by atoms with van der Waals surface area (Å²) in [6, 6.07) is 30.5. The van der Waals surface area contributed by atoms with Crippen LogP contribution in [0.5, 0.6) is 0 Å². The van der Waals surface area contributed by atoms with Gasteiger partial charge in [0.15, 0.2) is 5.78 Å². The second kappa shape index (κ2) is 8.81. The molecule has 0 aromatic heterocycles. The third-order valence-electron chi connectivity index (χ3n) is 6.59. The molecule has 1 unspecified atom stereocenters. The maximum absolute atomic E-state index is 13.2. The Bertz CT molecular complexity index is 1330. The predicted molar refractivity (Wildman–Crippen MR) is 137 cm³/mol. The van der Waals surface area contributed by atoms with Gasteiger partial charge in [0.1, 0.15) is 17.4 Å². The minimum absolute atomic E-state index is 0.0146. The van der Waals surface area contributed by atoms with E-state index in [1.54, 1.807) is 0 Å². The van der Waals surface area contributed by atoms with Gasteiger partial charge in [-0.25, -0.2) is 0 Å². The lowest BCUT2D eigenvalue weighted by molar-refractivity contribution is -0.119. The molecule has 0 saturated heterocycles. The van der Waals surface area contributed by atoms with Crippen LogP contribution in [0.2, 0.25) is 0 Å². The first-order valence-corrected chi connectivity index (χ1v) is 11.7. The Labute approximate surface area is 205 Å². The lowest BCUT2D eigenvalue weighted by atomic mass is 9.70. The highest BCUT2D eigenvalue weighted by molar-refractivity contribution is 6.00. The molecule has 0 spiro atoms. The van der Waals surface area contributed by atoms with Crippen molar-refractivity contribution in [3.63, 3.8) is 0 Å². The molecule has 5 rings (SSSR count). The van der Waals surface area contributed by atoms with Crippen LogP contribution in [0, 0.1) is 16.7 Å². The van der Waals surface area contributed by atoms with Gasteiger partial charge in [0, 0.05) is 35.5 Å². The molecule has 1 aliphatic carbocycles. The first-order valence-electron chi connectivity index (χ1n) is 11.7. The van der Waals surface area contributed by atoms with Crippen LogP contribution in [0.25, 0.3) is 0 Å². The van der Waals surface area contributed by atoms with Gasteiger partial charge in [0.2, 0.25) is 5.88 Å². The maximum Gasteiger partial charge on any atom is 0.205 e. The van der Waals surface area contributed by atoms with E-state index in [-0.39, 0.29) is 22.7 Å². The normalized spacial score (nSPS) is 19.0. The predicted octanol–water partition coefficient (Wildman–Crippen LogP) is 6.61. The molecule has 5 heteroatoms. The van der Waals surface area contributed by atoms with E-state index in [9.17, 15) is 10.1 Å². The Balaban J connectivity index is 1.58. The zero-order valence-corrected chi connectivity index (χ0v) is 19.9. The lowest BCUT2D eigenvalue weighted by Gasteiger charge is -2.37. The Morgan fingerprint density at radius 2 is 1.43 bits per heavy atom. The molecule has 1 atom stereocenters. The summed E-state index contributed by atoms with van der Waals surface area (Å²) in [7, 11) is 0. The number of para-hydroxylation sites is 2. The number of benzene rings is 3. The zero-order chi connectivity index (χ0) is 24.6. The molecule has 1 heterocycles. The number of nitrogens with zero attached hydrogens (tertiary/aromatic N) is 2. The van der Waals surface area contributed by atoms with E-state index in [4.69, 9.17) is 10.5 Å². The molecule has 0 saturated carbocycles. The first-order chi connectivity index (χ1) is 16.9. The zero-order valence-electron chi connectivity index (χ0n) is 19.9. The van der Waals surface area contributed by atoms with Crippen molar-refractivity contribution in [2.45, 2.75) is 32.6 Å². The fraction of sp³-hybridized carbons (Fsp3) is 0.200. The molecule has 3 aromatic rings. The highest BCUT2D eigenvalue weighted by Gasteiger charge is 2.42. The number of carbonyl (C=O) groups excluding carboxylic acids is 1. The molecule has 0 radical (unpaired) electrons. The minimum atomic E-state index is -0.525. The average molecular weight is 462 g/mol. The quantitative estimate of drug-likeness (QED) is 0.473. The van der Waals surface area contributed by atoms with Gasteiger partial charge in [-0.2, -0.15) is 5.26 Å². The standard InChI is InChI=1S/C30H27N3O2/c1-30(2)17-25(34)28-26(18-30)35-29(32)24(19-31)27(28)20-13-15-23(16-14-20)33(21-9-5-3-6-10-21)22-11-7-4-8-12-22/h3-16,27H,17-18,32H2,1-2H3. The van der Waals surface area contributed by atoms with Gasteiger partial charge in [-0.3, -0.25) is 4.79 Å². The van der Waals surface area contributed by atoms with Crippen molar-refractivity contribution in [3.8, 4) is 6.07 Å². The fourth-order valence-corrected chi connectivity index (χ4v) is 5.04. The molecule has 3 aromatic carbocycles. The van der Waals surface area contributed by atoms with E-state index < -0.39 is 5.92 Å². The van der Waals surface area contributed by atoms with E-state index >= 15 is 0 Å². The second-order valence-corrected chi connectivity index (χ2v) is 9.80. The largest absolute Gasteiger partial charge is 0.444 e. The van der Waals surface area contributed by atoms with Gasteiger partial charge in [0.05, 0.1) is 5.92 Å². The van der Waals surface area contributed by atoms with Crippen molar-refractivity contribution in [3.05, 3.63) is 113 Å². The molecule has 1 aliphatic heterocycles. The molecule has 0 fully saturated rings. The number of nitriles is 1. The molecular weight excluding hydrogens is 434 g/mol. The van der Waals surface area contributed by atoms with Crippen LogP contribution >= 0.6 is 0 Å². The highest BCUT2D eigenvalue weighted by atomic mass is 16.5. The van der Waals surface area contributed by atoms with Crippen LogP contribution in [-0.2, 0) is 9.53 Å². The van der Waals surface area contributed by atoms with Gasteiger partial charge < -0.3 is 15.4 Å². The third-order valence-corrected chi connectivity index (χ3v) is 6.59. The highest BCUT2D eigenvalue weighted by Crippen LogP contribution is 2.48. The van der Waals surface area contributed by atoms with Gasteiger partial charge in [-0.1, -0.05) is 62.4 Å². The average Bonchev–Trinajstić information content (AvgIpc) is 2.84. The van der Waals surface area contributed by atoms with E-state index in [0.717, 1.165) is 22.6 Å². The van der Waals surface area contributed by atoms with Gasteiger partial charge in [-0.15, -0.1) is 0 Å². The number of Topliss-reactive ketones (excluding diaryl/α,β-unsaturated/α-hetero) is 1. The molecular formula is C30H27N3O2. The van der Waals surface area contributed by atoms with Crippen LogP contribution in [0.4, 0.5) is 17.1 Å². The Morgan fingerprint density at radius 3 is 1.97 bits per heavy atom. The number of carbonyl (C=O) groups is 1. The number of hydrogen-bond acceptors (Lipinski definition) is 5. The second-order valence-electron chi connectivity index (χ2n) is 9.80. The van der Waals surface area contributed by atoms with Gasteiger partial charge in [0.25, 0.3) is 0 Å². The van der Waals surface area contributed by atoms with Crippen LogP contribution in [0.1, 0.15) is 38.2 Å². The topological polar surface area (TPSA) is 79.3 Å². The van der Waals surface area contributed by atoms with Crippen LogP contribution in [0.15, 0.2) is 108 Å². The number of anilines is 3. The summed E-state index contributed by atoms with van der Waals surface area (Å²) in [5.74, 6) is 0.164. The Hall–Kier alpha value is -4.30. The van der Waals surface area contributed by atoms with Crippen LogP contribution < -0.4 is 10.6 Å². The van der Waals surface area contributed by atoms with Crippen molar-refractivity contribution in [2.24, 2.45) is 11.1 Å². The van der Waals surface area contributed by atoms with E-state index in [1.165, 1.54) is 0 Å². The van der Waals surface area contributed by atoms with Gasteiger partial charge in [-0.05, 0) is 47.4 Å². The Kier molecular flexibility index (Phi) is 5.66. The third kappa shape index (κ3) is 4.20. The van der Waals surface area contributed by atoms with Crippen LogP contribution in [0.3, 0.4) is 0 Å². The van der Waals surface area contributed by atoms with Crippen LogP contribution in [-0.4, -0.2) is 5.78 Å². The van der Waals surface area contributed by atoms with E-state index in [2.05, 4.69) is 35.2 Å². The summed E-state index contributed by atoms with van der Waals surface area (Å²) in [6.45, 7) is 4.09. The molecule has 0 amide bonds. The summed E-state index contributed by atoms with van der Waals surface area (Å²) < 4.78 is 5.81. The molecule has 0 bridgehead atoms. The van der Waals surface area contributed by atoms with Crippen molar-refractivity contribution < 1.29 is 9.53 Å². The molecule has 2 N–H and O–H groups in total. The SMILES string of the molecule is CC1(C)CC(=O)C2=C(C1)OC(N)=C(C#N)C2c1ccc(N(c2ccccc2)c2ccccc2)cc1. The Morgan fingerprint density at radius 1 is 0.886 bits per heavy atom. The first kappa shape index (κ1) is 22.5. The summed E-state index contributed by atoms with van der Waals surface area (Å²) >= 11 is 0. The summed E-state index contributed by atoms with van der Waals surface area (Å²) in [5, 5.41) is 9.90. The molecule has 35 heavy (non-hydrogen) atoms. The smallest absolute Gasteiger partial charge is 0.205 e. The number of allylic oxidation sites excluding steroid dienone is 3. The van der Waals surface area contributed by atoms with Gasteiger partial charge >= 0.3 is 0 Å². The number of rotatable bonds is 4. The van der Waals surface area contributed by atoms with Crippen molar-refractivity contribution in [2.75, 3.05) is 4.90 Å². The minimum Gasteiger partial charge on any atom is -0.444 e. The number of hydrogen-bond donors (Lipinski definition) is 1. The summed E-state index contributed by atoms with van der Waals surface area (Å²) in [5.41, 5.74) is 10.7. The van der Waals surface area contributed by atoms with Crippen molar-refractivity contribution in [1.82, 2.24) is 0 Å². The van der Waals surface area contributed by atoms with Crippen molar-refractivity contribution in [1.29, 1.82) is 5.26 Å². The number of nitrogens with two attached hydrogens (primary N) is 1.